The molecule has 0 aromatic rings. The van der Waals surface area contributed by atoms with Crippen LogP contribution in [0.2, 0.25) is 0 Å². The van der Waals surface area contributed by atoms with Crippen LogP contribution in [0.5, 0.6) is 0 Å². The van der Waals surface area contributed by atoms with Gasteiger partial charge in [0.2, 0.25) is 0 Å². The molecule has 0 bridgehead atoms. The monoisotopic (exact) mass is 484 g/mol. The van der Waals surface area contributed by atoms with Crippen LogP contribution in [0.1, 0.15) is 200 Å². The maximum atomic E-state index is 6.57. The van der Waals surface area contributed by atoms with E-state index in [-0.39, 0.29) is 0 Å². The van der Waals surface area contributed by atoms with Crippen molar-refractivity contribution in [2.24, 2.45) is 0 Å². The second kappa shape index (κ2) is 30.3. The van der Waals surface area contributed by atoms with Gasteiger partial charge in [0.05, 0.1) is 0 Å². The second-order valence-electron chi connectivity index (χ2n) is 11.0. The smallest absolute Gasteiger partial charge is 0.0336 e. The van der Waals surface area contributed by atoms with Gasteiger partial charge < -0.3 is 0 Å². The van der Waals surface area contributed by atoms with Gasteiger partial charge in [-0.1, -0.05) is 187 Å². The summed E-state index contributed by atoms with van der Waals surface area (Å²) in [7, 11) is 0. The van der Waals surface area contributed by atoms with Crippen LogP contribution < -0.4 is 0 Å². The van der Waals surface area contributed by atoms with Crippen LogP contribution in [0, 0.1) is 0 Å². The Bertz CT molecular complexity index is 326. The lowest BCUT2D eigenvalue weighted by Crippen LogP contribution is -1.98. The van der Waals surface area contributed by atoms with Gasteiger partial charge in [0.25, 0.3) is 0 Å². The fraction of sp³-hybridized carbons (Fsp3) is 1.00. The van der Waals surface area contributed by atoms with Crippen LogP contribution in [0.3, 0.4) is 0 Å². The van der Waals surface area contributed by atoms with Crippen molar-refractivity contribution in [3.63, 3.8) is 0 Å². The summed E-state index contributed by atoms with van der Waals surface area (Å²) in [5, 5.41) is 0.440. The van der Waals surface area contributed by atoms with Gasteiger partial charge in [0, 0.05) is 5.38 Å². The number of alkyl halides is 1. The highest BCUT2D eigenvalue weighted by molar-refractivity contribution is 6.20. The van der Waals surface area contributed by atoms with Crippen LogP contribution >= 0.6 is 11.6 Å². The molecule has 1 unspecified atom stereocenters. The average Bonchev–Trinajstić information content (AvgIpc) is 2.82. The average molecular weight is 485 g/mol. The molecule has 0 saturated heterocycles. The molecule has 0 aromatic heterocycles. The first kappa shape index (κ1) is 33.3. The molecule has 0 radical (unpaired) electrons. The summed E-state index contributed by atoms with van der Waals surface area (Å²) in [6.45, 7) is 4.60. The minimum atomic E-state index is 0.440. The molecule has 0 aliphatic rings. The van der Waals surface area contributed by atoms with Crippen molar-refractivity contribution in [1.82, 2.24) is 0 Å². The van der Waals surface area contributed by atoms with Crippen molar-refractivity contribution in [3.05, 3.63) is 0 Å². The van der Waals surface area contributed by atoms with Crippen LogP contribution in [0.25, 0.3) is 0 Å². The Morgan fingerprint density at radius 2 is 0.485 bits per heavy atom. The number of hydrogen-bond acceptors (Lipinski definition) is 0. The lowest BCUT2D eigenvalue weighted by molar-refractivity contribution is 0.515. The Labute approximate surface area is 216 Å². The molecule has 0 nitrogen and oxygen atoms in total. The molecule has 0 saturated carbocycles. The highest BCUT2D eigenvalue weighted by Crippen LogP contribution is 2.19. The Morgan fingerprint density at radius 1 is 0.303 bits per heavy atom. The van der Waals surface area contributed by atoms with Crippen molar-refractivity contribution in [1.29, 1.82) is 0 Å². The number of rotatable bonds is 29. The molecule has 0 N–H and O–H groups in total. The summed E-state index contributed by atoms with van der Waals surface area (Å²) >= 11 is 6.57. The highest BCUT2D eigenvalue weighted by Gasteiger charge is 2.04. The third-order valence-corrected chi connectivity index (χ3v) is 7.93. The van der Waals surface area contributed by atoms with Crippen LogP contribution in [0.4, 0.5) is 0 Å². The number of halogens is 1. The first-order chi connectivity index (χ1) is 16.3. The lowest BCUT2D eigenvalue weighted by Gasteiger charge is -2.09. The minimum absolute atomic E-state index is 0.440. The molecule has 0 rings (SSSR count). The quantitative estimate of drug-likeness (QED) is 0.0730. The number of unbranched alkanes of at least 4 members (excludes halogenated alkanes) is 25. The van der Waals surface area contributed by atoms with E-state index in [1.165, 1.54) is 186 Å². The molecule has 0 heterocycles. The zero-order valence-electron chi connectivity index (χ0n) is 23.5. The molecule has 0 aliphatic carbocycles. The molecule has 0 fully saturated rings. The third-order valence-electron chi connectivity index (χ3n) is 7.49. The summed E-state index contributed by atoms with van der Waals surface area (Å²) < 4.78 is 0. The van der Waals surface area contributed by atoms with Gasteiger partial charge in [-0.25, -0.2) is 0 Å². The van der Waals surface area contributed by atoms with Crippen LogP contribution in [-0.4, -0.2) is 5.38 Å². The Balaban J connectivity index is 3.13. The van der Waals surface area contributed by atoms with Crippen molar-refractivity contribution in [2.75, 3.05) is 0 Å². The van der Waals surface area contributed by atoms with Crippen molar-refractivity contribution in [2.45, 2.75) is 205 Å². The van der Waals surface area contributed by atoms with Gasteiger partial charge in [-0.05, 0) is 12.8 Å². The molecule has 1 heteroatoms. The van der Waals surface area contributed by atoms with E-state index in [1.54, 1.807) is 0 Å². The first-order valence-corrected chi connectivity index (χ1v) is 16.4. The third kappa shape index (κ3) is 30.3. The molecule has 0 aromatic carbocycles. The van der Waals surface area contributed by atoms with E-state index < -0.39 is 0 Å². The van der Waals surface area contributed by atoms with E-state index in [0.29, 0.717) is 5.38 Å². The molecule has 1 atom stereocenters. The fourth-order valence-electron chi connectivity index (χ4n) is 5.09. The molecular formula is C32H65Cl. The zero-order chi connectivity index (χ0) is 24.1. The van der Waals surface area contributed by atoms with Gasteiger partial charge in [-0.15, -0.1) is 11.6 Å². The molecule has 0 amide bonds. The minimum Gasteiger partial charge on any atom is -0.123 e. The molecular weight excluding hydrogens is 420 g/mol. The topological polar surface area (TPSA) is 0 Å². The Morgan fingerprint density at radius 3 is 0.697 bits per heavy atom. The maximum absolute atomic E-state index is 6.57. The van der Waals surface area contributed by atoms with Gasteiger partial charge >= 0.3 is 0 Å². The molecule has 33 heavy (non-hydrogen) atoms. The Kier molecular flexibility index (Phi) is 30.6. The van der Waals surface area contributed by atoms with E-state index in [9.17, 15) is 0 Å². The van der Waals surface area contributed by atoms with Crippen molar-refractivity contribution in [3.8, 4) is 0 Å². The van der Waals surface area contributed by atoms with E-state index in [1.807, 2.05) is 0 Å². The fourth-order valence-corrected chi connectivity index (χ4v) is 5.40. The summed E-state index contributed by atoms with van der Waals surface area (Å²) in [6.07, 6.45) is 41.3. The van der Waals surface area contributed by atoms with Crippen LogP contribution in [-0.2, 0) is 0 Å². The zero-order valence-corrected chi connectivity index (χ0v) is 24.2. The van der Waals surface area contributed by atoms with Gasteiger partial charge in [-0.2, -0.15) is 0 Å². The predicted octanol–water partition coefficient (Wildman–Crippen LogP) is 12.9. The maximum Gasteiger partial charge on any atom is 0.0336 e. The van der Waals surface area contributed by atoms with Crippen molar-refractivity contribution >= 4 is 11.6 Å². The highest BCUT2D eigenvalue weighted by atomic mass is 35.5. The van der Waals surface area contributed by atoms with E-state index >= 15 is 0 Å². The lowest BCUT2D eigenvalue weighted by atomic mass is 10.0. The largest absolute Gasteiger partial charge is 0.123 e. The van der Waals surface area contributed by atoms with Gasteiger partial charge in [0.15, 0.2) is 0 Å². The summed E-state index contributed by atoms with van der Waals surface area (Å²) in [5.41, 5.74) is 0. The Hall–Kier alpha value is 0.290. The summed E-state index contributed by atoms with van der Waals surface area (Å²) in [4.78, 5) is 0. The standard InChI is InChI=1S/C32H65Cl/c1-3-5-7-9-11-13-15-17-18-19-21-23-25-27-29-31-32(33)30-28-26-24-22-20-16-14-12-10-8-6-4-2/h32H,3-31H2,1-2H3. The van der Waals surface area contributed by atoms with E-state index in [2.05, 4.69) is 13.8 Å². The van der Waals surface area contributed by atoms with Gasteiger partial charge in [-0.3, -0.25) is 0 Å². The normalized spacial score (nSPS) is 12.5. The number of hydrogen-bond donors (Lipinski definition) is 0. The second-order valence-corrected chi connectivity index (χ2v) is 11.6. The van der Waals surface area contributed by atoms with E-state index in [0.717, 1.165) is 0 Å². The molecule has 0 aliphatic heterocycles. The summed E-state index contributed by atoms with van der Waals surface area (Å²) in [5.74, 6) is 0. The van der Waals surface area contributed by atoms with Crippen molar-refractivity contribution < 1.29 is 0 Å². The van der Waals surface area contributed by atoms with Gasteiger partial charge in [0.1, 0.15) is 0 Å². The van der Waals surface area contributed by atoms with E-state index in [4.69, 9.17) is 11.6 Å². The first-order valence-electron chi connectivity index (χ1n) is 15.9. The molecule has 200 valence electrons. The predicted molar refractivity (Wildman–Crippen MR) is 155 cm³/mol. The SMILES string of the molecule is CCCCCCCCCCCCCCCCCC(Cl)CCCCCCCCCCCCCC. The van der Waals surface area contributed by atoms with Crippen LogP contribution in [0.15, 0.2) is 0 Å². The summed E-state index contributed by atoms with van der Waals surface area (Å²) in [6, 6.07) is 0. The molecule has 0 spiro atoms.